The average Bonchev–Trinajstić information content (AvgIpc) is 3.13. The molecule has 1 aromatic heterocycles. The first-order valence-electron chi connectivity index (χ1n) is 8.54. The Morgan fingerprint density at radius 2 is 1.63 bits per heavy atom. The van der Waals surface area contributed by atoms with Crippen molar-refractivity contribution in [2.45, 2.75) is 25.9 Å². The first-order valence-corrected chi connectivity index (χ1v) is 8.54. The number of carbonyl (C=O) groups excluding carboxylic acids is 2. The van der Waals surface area contributed by atoms with Gasteiger partial charge in [0.25, 0.3) is 5.91 Å². The van der Waals surface area contributed by atoms with Crippen molar-refractivity contribution in [1.82, 2.24) is 24.8 Å². The van der Waals surface area contributed by atoms with Crippen LogP contribution in [0.4, 0.5) is 4.79 Å². The number of imide groups is 1. The van der Waals surface area contributed by atoms with Gasteiger partial charge in [-0.15, -0.1) is 15.0 Å². The number of amides is 3. The van der Waals surface area contributed by atoms with Crippen molar-refractivity contribution >= 4 is 23.0 Å². The van der Waals surface area contributed by atoms with Crippen molar-refractivity contribution < 1.29 is 14.7 Å². The lowest BCUT2D eigenvalue weighted by Gasteiger charge is -2.28. The largest absolute Gasteiger partial charge is 0.505 e. The summed E-state index contributed by atoms with van der Waals surface area (Å²) in [7, 11) is 1.46. The normalized spacial score (nSPS) is 16.6. The van der Waals surface area contributed by atoms with Gasteiger partial charge in [-0.25, -0.2) is 4.79 Å². The molecule has 27 heavy (non-hydrogen) atoms. The molecule has 0 spiro atoms. The van der Waals surface area contributed by atoms with Crippen LogP contribution in [0, 0.1) is 0 Å². The topological polar surface area (TPSA) is 91.6 Å². The first kappa shape index (κ1) is 17.0. The molecule has 0 saturated carbocycles. The summed E-state index contributed by atoms with van der Waals surface area (Å²) < 4.78 is 0. The smallest absolute Gasteiger partial charge is 0.327 e. The van der Waals surface area contributed by atoms with Crippen LogP contribution in [-0.4, -0.2) is 54.4 Å². The van der Waals surface area contributed by atoms with Crippen molar-refractivity contribution in [1.29, 1.82) is 0 Å². The Morgan fingerprint density at radius 1 is 1.00 bits per heavy atom. The van der Waals surface area contributed by atoms with Gasteiger partial charge < -0.3 is 10.0 Å². The highest BCUT2D eigenvalue weighted by molar-refractivity contribution is 6.06. The molecule has 1 aliphatic rings. The number of likely N-dealkylation sites (N-methyl/N-ethyl adjacent to an activating group) is 1. The van der Waals surface area contributed by atoms with Gasteiger partial charge in [0.2, 0.25) is 0 Å². The number of para-hydroxylation sites is 1. The number of fused-ring (bicyclic) bond motifs is 1. The molecule has 0 aliphatic carbocycles. The van der Waals surface area contributed by atoms with Crippen LogP contribution < -0.4 is 0 Å². The number of benzene rings is 2. The molecular formula is C19H19N5O3. The van der Waals surface area contributed by atoms with Gasteiger partial charge in [0.15, 0.2) is 0 Å². The summed E-state index contributed by atoms with van der Waals surface area (Å²) in [6.45, 7) is 3.49. The van der Waals surface area contributed by atoms with E-state index in [0.717, 1.165) is 4.90 Å². The minimum Gasteiger partial charge on any atom is -0.505 e. The van der Waals surface area contributed by atoms with E-state index in [1.807, 2.05) is 24.3 Å². The number of phenolic OH excluding ortho intramolecular Hbond substituents is 1. The second-order valence-electron chi connectivity index (χ2n) is 7.05. The predicted octanol–water partition coefficient (Wildman–Crippen LogP) is 2.30. The maximum atomic E-state index is 12.4. The van der Waals surface area contributed by atoms with E-state index >= 15 is 0 Å². The Balaban J connectivity index is 1.72. The molecule has 0 unspecified atom stereocenters. The van der Waals surface area contributed by atoms with Crippen LogP contribution in [0.5, 0.6) is 5.75 Å². The van der Waals surface area contributed by atoms with Gasteiger partial charge in [0.05, 0.1) is 6.54 Å². The second-order valence-corrected chi connectivity index (χ2v) is 7.05. The third kappa shape index (κ3) is 2.52. The van der Waals surface area contributed by atoms with Crippen molar-refractivity contribution in [3.05, 3.63) is 48.0 Å². The third-order valence-corrected chi connectivity index (χ3v) is 4.95. The lowest BCUT2D eigenvalue weighted by Crippen LogP contribution is -2.43. The number of rotatable bonds is 3. The van der Waals surface area contributed by atoms with Crippen molar-refractivity contribution in [2.24, 2.45) is 0 Å². The highest BCUT2D eigenvalue weighted by Crippen LogP contribution is 2.32. The van der Waals surface area contributed by atoms with Gasteiger partial charge in [-0.2, -0.15) is 0 Å². The Kier molecular flexibility index (Phi) is 3.66. The molecule has 2 heterocycles. The summed E-state index contributed by atoms with van der Waals surface area (Å²) in [6, 6.07) is 12.2. The quantitative estimate of drug-likeness (QED) is 0.719. The molecule has 3 aromatic rings. The van der Waals surface area contributed by atoms with E-state index in [0.29, 0.717) is 22.3 Å². The number of aromatic hydroxyl groups is 1. The lowest BCUT2D eigenvalue weighted by atomic mass is 10.0. The van der Waals surface area contributed by atoms with E-state index in [4.69, 9.17) is 0 Å². The van der Waals surface area contributed by atoms with Gasteiger partial charge in [0.1, 0.15) is 28.0 Å². The van der Waals surface area contributed by atoms with Crippen molar-refractivity contribution in [3.63, 3.8) is 0 Å². The van der Waals surface area contributed by atoms with Crippen LogP contribution in [0.3, 0.4) is 0 Å². The van der Waals surface area contributed by atoms with Gasteiger partial charge in [-0.3, -0.25) is 9.69 Å². The number of urea groups is 1. The molecule has 8 nitrogen and oxygen atoms in total. The minimum absolute atomic E-state index is 0.0246. The van der Waals surface area contributed by atoms with Crippen LogP contribution in [-0.2, 0) is 11.3 Å². The Labute approximate surface area is 155 Å². The minimum atomic E-state index is -0.979. The van der Waals surface area contributed by atoms with Gasteiger partial charge >= 0.3 is 6.03 Å². The number of nitrogens with zero attached hydrogens (tertiary/aromatic N) is 5. The van der Waals surface area contributed by atoms with Gasteiger partial charge in [-0.1, -0.05) is 24.3 Å². The van der Waals surface area contributed by atoms with E-state index in [1.165, 1.54) is 16.7 Å². The molecule has 0 bridgehead atoms. The van der Waals surface area contributed by atoms with E-state index in [-0.39, 0.29) is 18.2 Å². The summed E-state index contributed by atoms with van der Waals surface area (Å²) in [4.78, 5) is 28.6. The summed E-state index contributed by atoms with van der Waals surface area (Å²) in [6.07, 6.45) is 0. The number of aromatic nitrogens is 3. The summed E-state index contributed by atoms with van der Waals surface area (Å²) >= 11 is 0. The standard InChI is InChI=1S/C19H19N5O3/c1-19(2)17(26)22(3)18(27)23(19)11-12-7-6-10-15(16(12)25)24-20-13-8-4-5-9-14(13)21-24/h4-10,25H,11H2,1-3H3. The first-order chi connectivity index (χ1) is 12.8. The zero-order valence-electron chi connectivity index (χ0n) is 15.2. The second kappa shape index (κ2) is 5.80. The van der Waals surface area contributed by atoms with Crippen LogP contribution in [0.25, 0.3) is 16.7 Å². The monoisotopic (exact) mass is 365 g/mol. The Morgan fingerprint density at radius 3 is 2.19 bits per heavy atom. The molecule has 2 aromatic carbocycles. The zero-order valence-corrected chi connectivity index (χ0v) is 15.2. The maximum absolute atomic E-state index is 12.4. The number of carbonyl (C=O) groups is 2. The fourth-order valence-electron chi connectivity index (χ4n) is 3.30. The third-order valence-electron chi connectivity index (χ3n) is 4.95. The molecule has 1 saturated heterocycles. The molecule has 3 amide bonds. The van der Waals surface area contributed by atoms with E-state index in [1.54, 1.807) is 32.0 Å². The maximum Gasteiger partial charge on any atom is 0.327 e. The zero-order chi connectivity index (χ0) is 19.3. The van der Waals surface area contributed by atoms with E-state index < -0.39 is 11.6 Å². The van der Waals surface area contributed by atoms with Crippen LogP contribution in [0.15, 0.2) is 42.5 Å². The predicted molar refractivity (Wildman–Crippen MR) is 98.3 cm³/mol. The van der Waals surface area contributed by atoms with Crippen LogP contribution in [0.1, 0.15) is 19.4 Å². The molecule has 1 aliphatic heterocycles. The van der Waals surface area contributed by atoms with Crippen LogP contribution >= 0.6 is 0 Å². The summed E-state index contributed by atoms with van der Waals surface area (Å²) in [5.41, 5.74) is 1.37. The average molecular weight is 365 g/mol. The molecule has 0 radical (unpaired) electrons. The molecule has 1 N–H and O–H groups in total. The van der Waals surface area contributed by atoms with Crippen molar-refractivity contribution in [3.8, 4) is 11.4 Å². The number of hydrogen-bond acceptors (Lipinski definition) is 5. The number of hydrogen-bond donors (Lipinski definition) is 1. The summed E-state index contributed by atoms with van der Waals surface area (Å²) in [5, 5.41) is 19.6. The Hall–Kier alpha value is -3.42. The molecule has 1 fully saturated rings. The molecule has 138 valence electrons. The Bertz CT molecular complexity index is 1040. The molecule has 0 atom stereocenters. The van der Waals surface area contributed by atoms with Crippen LogP contribution in [0.2, 0.25) is 0 Å². The van der Waals surface area contributed by atoms with Gasteiger partial charge in [0, 0.05) is 12.6 Å². The fraction of sp³-hybridized carbons (Fsp3) is 0.263. The van der Waals surface area contributed by atoms with Crippen molar-refractivity contribution in [2.75, 3.05) is 7.05 Å². The molecular weight excluding hydrogens is 346 g/mol. The lowest BCUT2D eigenvalue weighted by molar-refractivity contribution is -0.131. The highest BCUT2D eigenvalue weighted by atomic mass is 16.3. The SMILES string of the molecule is CN1C(=O)N(Cc2cccc(-n3nc4ccccc4n3)c2O)C(C)(C)C1=O. The number of phenols is 1. The van der Waals surface area contributed by atoms with E-state index in [9.17, 15) is 14.7 Å². The highest BCUT2D eigenvalue weighted by Gasteiger charge is 2.49. The van der Waals surface area contributed by atoms with Gasteiger partial charge in [-0.05, 0) is 32.0 Å². The molecule has 4 rings (SSSR count). The van der Waals surface area contributed by atoms with E-state index in [2.05, 4.69) is 10.2 Å². The molecule has 8 heteroatoms. The summed E-state index contributed by atoms with van der Waals surface area (Å²) in [5.74, 6) is -0.299. The fourth-order valence-corrected chi connectivity index (χ4v) is 3.30.